The number of amides is 1. The molecule has 4 rings (SSSR count). The van der Waals surface area contributed by atoms with Crippen LogP contribution in [-0.4, -0.2) is 94.1 Å². The second-order valence-electron chi connectivity index (χ2n) is 6.81. The third-order valence-corrected chi connectivity index (χ3v) is 6.76. The molecule has 146 valence electrons. The van der Waals surface area contributed by atoms with E-state index in [0.29, 0.717) is 25.3 Å². The molecule has 0 aromatic carbocycles. The van der Waals surface area contributed by atoms with Crippen LogP contribution in [0.3, 0.4) is 0 Å². The monoisotopic (exact) mass is 396 g/mol. The summed E-state index contributed by atoms with van der Waals surface area (Å²) < 4.78 is 30.6. The summed E-state index contributed by atoms with van der Waals surface area (Å²) in [5, 5.41) is 2.68. The summed E-state index contributed by atoms with van der Waals surface area (Å²) in [6.45, 7) is 1.15. The molecule has 0 unspecified atom stereocenters. The number of piperazine rings is 1. The largest absolute Gasteiger partial charge is 0.375 e. The SMILES string of the molecule is COCC(=O)N1CCN(Cc2cc(=O)n3[nH]cnc3n2)[C@@H]2CS(=O)(=O)C[C@@H]21. The molecule has 2 saturated heterocycles. The van der Waals surface area contributed by atoms with Gasteiger partial charge in [0.2, 0.25) is 5.91 Å². The van der Waals surface area contributed by atoms with Gasteiger partial charge in [-0.2, -0.15) is 4.52 Å². The Labute approximate surface area is 154 Å². The maximum absolute atomic E-state index is 12.3. The number of hydrogen-bond acceptors (Lipinski definition) is 8. The Bertz CT molecular complexity index is 1030. The second kappa shape index (κ2) is 6.69. The Morgan fingerprint density at radius 1 is 1.33 bits per heavy atom. The summed E-state index contributed by atoms with van der Waals surface area (Å²) in [7, 11) is -1.81. The highest BCUT2D eigenvalue weighted by molar-refractivity contribution is 7.91. The summed E-state index contributed by atoms with van der Waals surface area (Å²) in [5.74, 6) is -0.0172. The van der Waals surface area contributed by atoms with Crippen molar-refractivity contribution in [3.8, 4) is 0 Å². The van der Waals surface area contributed by atoms with Crippen molar-refractivity contribution in [3.63, 3.8) is 0 Å². The topological polar surface area (TPSA) is 130 Å². The lowest BCUT2D eigenvalue weighted by Crippen LogP contribution is -2.60. The van der Waals surface area contributed by atoms with Crippen LogP contribution in [0.4, 0.5) is 0 Å². The van der Waals surface area contributed by atoms with E-state index in [1.165, 1.54) is 24.0 Å². The summed E-state index contributed by atoms with van der Waals surface area (Å²) >= 11 is 0. The maximum Gasteiger partial charge on any atom is 0.274 e. The van der Waals surface area contributed by atoms with Gasteiger partial charge in [-0.3, -0.25) is 19.6 Å². The molecule has 2 fully saturated rings. The molecule has 2 atom stereocenters. The number of ether oxygens (including phenoxy) is 1. The van der Waals surface area contributed by atoms with Crippen LogP contribution in [0.15, 0.2) is 17.2 Å². The van der Waals surface area contributed by atoms with Crippen molar-refractivity contribution in [1.82, 2.24) is 29.4 Å². The molecule has 2 aliphatic heterocycles. The molecule has 2 aromatic rings. The molecule has 1 N–H and O–H groups in total. The normalized spacial score (nSPS) is 25.0. The zero-order chi connectivity index (χ0) is 19.2. The molecule has 11 nitrogen and oxygen atoms in total. The Hall–Kier alpha value is -2.31. The quantitative estimate of drug-likeness (QED) is 0.621. The van der Waals surface area contributed by atoms with Crippen LogP contribution in [0.25, 0.3) is 5.78 Å². The van der Waals surface area contributed by atoms with Gasteiger partial charge in [-0.05, 0) is 0 Å². The van der Waals surface area contributed by atoms with Crippen LogP contribution in [-0.2, 0) is 25.9 Å². The van der Waals surface area contributed by atoms with Crippen molar-refractivity contribution < 1.29 is 17.9 Å². The van der Waals surface area contributed by atoms with Crippen molar-refractivity contribution in [2.45, 2.75) is 18.6 Å². The molecule has 12 heteroatoms. The fourth-order valence-electron chi connectivity index (χ4n) is 3.89. The number of carbonyl (C=O) groups is 1. The summed E-state index contributed by atoms with van der Waals surface area (Å²) in [5.41, 5.74) is 0.240. The van der Waals surface area contributed by atoms with Gasteiger partial charge >= 0.3 is 0 Å². The summed E-state index contributed by atoms with van der Waals surface area (Å²) in [4.78, 5) is 36.4. The number of aromatic amines is 1. The van der Waals surface area contributed by atoms with E-state index >= 15 is 0 Å². The predicted octanol–water partition coefficient (Wildman–Crippen LogP) is -2.13. The molecule has 0 aliphatic carbocycles. The van der Waals surface area contributed by atoms with E-state index in [0.717, 1.165) is 0 Å². The summed E-state index contributed by atoms with van der Waals surface area (Å²) in [6.07, 6.45) is 1.38. The van der Waals surface area contributed by atoms with Crippen LogP contribution in [0.1, 0.15) is 5.69 Å². The fraction of sp³-hybridized carbons (Fsp3) is 0.600. The summed E-state index contributed by atoms with van der Waals surface area (Å²) in [6, 6.07) is 0.664. The van der Waals surface area contributed by atoms with Gasteiger partial charge in [0.25, 0.3) is 11.3 Å². The number of methoxy groups -OCH3 is 1. The van der Waals surface area contributed by atoms with E-state index in [1.54, 1.807) is 4.90 Å². The molecular weight excluding hydrogens is 376 g/mol. The van der Waals surface area contributed by atoms with Crippen LogP contribution in [0.5, 0.6) is 0 Å². The number of hydrogen-bond donors (Lipinski definition) is 1. The van der Waals surface area contributed by atoms with E-state index < -0.39 is 15.9 Å². The minimum Gasteiger partial charge on any atom is -0.375 e. The molecule has 4 heterocycles. The van der Waals surface area contributed by atoms with E-state index in [9.17, 15) is 18.0 Å². The van der Waals surface area contributed by atoms with Crippen molar-refractivity contribution >= 4 is 21.5 Å². The van der Waals surface area contributed by atoms with Crippen LogP contribution in [0, 0.1) is 0 Å². The minimum atomic E-state index is -3.25. The lowest BCUT2D eigenvalue weighted by atomic mass is 10.0. The predicted molar refractivity (Wildman–Crippen MR) is 93.8 cm³/mol. The third kappa shape index (κ3) is 3.35. The third-order valence-electron chi connectivity index (χ3n) is 5.07. The van der Waals surface area contributed by atoms with Crippen molar-refractivity contribution in [3.05, 3.63) is 28.4 Å². The Morgan fingerprint density at radius 3 is 2.89 bits per heavy atom. The van der Waals surface area contributed by atoms with Gasteiger partial charge in [0, 0.05) is 38.9 Å². The van der Waals surface area contributed by atoms with Gasteiger partial charge < -0.3 is 9.64 Å². The van der Waals surface area contributed by atoms with Gasteiger partial charge in [-0.25, -0.2) is 18.4 Å². The Morgan fingerprint density at radius 2 is 2.11 bits per heavy atom. The molecule has 0 bridgehead atoms. The van der Waals surface area contributed by atoms with Crippen molar-refractivity contribution in [1.29, 1.82) is 0 Å². The van der Waals surface area contributed by atoms with E-state index in [4.69, 9.17) is 4.74 Å². The number of sulfone groups is 1. The highest BCUT2D eigenvalue weighted by Gasteiger charge is 2.47. The minimum absolute atomic E-state index is 0.0158. The molecule has 27 heavy (non-hydrogen) atoms. The first-order chi connectivity index (χ1) is 12.9. The number of nitrogens with zero attached hydrogens (tertiary/aromatic N) is 5. The van der Waals surface area contributed by atoms with Gasteiger partial charge in [0.05, 0.1) is 23.2 Å². The number of carbonyl (C=O) groups excluding carboxylic acids is 1. The van der Waals surface area contributed by atoms with E-state index in [-0.39, 0.29) is 41.4 Å². The van der Waals surface area contributed by atoms with E-state index in [1.807, 2.05) is 4.90 Å². The number of aromatic nitrogens is 4. The first kappa shape index (κ1) is 18.1. The molecule has 0 saturated carbocycles. The maximum atomic E-state index is 12.3. The molecule has 2 aromatic heterocycles. The smallest absolute Gasteiger partial charge is 0.274 e. The van der Waals surface area contributed by atoms with Crippen molar-refractivity contribution in [2.24, 2.45) is 0 Å². The average molecular weight is 396 g/mol. The highest BCUT2D eigenvalue weighted by atomic mass is 32.2. The second-order valence-corrected chi connectivity index (χ2v) is 8.96. The Balaban J connectivity index is 1.60. The first-order valence-corrected chi connectivity index (χ1v) is 10.3. The standard InChI is InChI=1S/C15H20N6O5S/c1-26-6-14(23)20-3-2-19(11-7-27(24,25)8-12(11)20)5-10-4-13(22)21-15(18-10)16-9-17-21/h4,9,11-12H,2-3,5-8H2,1H3,(H,16,17,18)/t11-,12+/m1/s1. The molecule has 1 amide bonds. The average Bonchev–Trinajstić information content (AvgIpc) is 3.18. The molecule has 2 aliphatic rings. The van der Waals surface area contributed by atoms with Gasteiger partial charge in [0.15, 0.2) is 9.84 Å². The van der Waals surface area contributed by atoms with Gasteiger partial charge in [-0.1, -0.05) is 0 Å². The van der Waals surface area contributed by atoms with E-state index in [2.05, 4.69) is 15.1 Å². The molecule has 0 radical (unpaired) electrons. The zero-order valence-corrected chi connectivity index (χ0v) is 15.6. The first-order valence-electron chi connectivity index (χ1n) is 8.53. The fourth-order valence-corrected chi connectivity index (χ4v) is 5.91. The zero-order valence-electron chi connectivity index (χ0n) is 14.7. The molecule has 0 spiro atoms. The lowest BCUT2D eigenvalue weighted by Gasteiger charge is -2.43. The number of fused-ring (bicyclic) bond motifs is 2. The van der Waals surface area contributed by atoms with Crippen LogP contribution < -0.4 is 5.56 Å². The van der Waals surface area contributed by atoms with Crippen LogP contribution >= 0.6 is 0 Å². The highest BCUT2D eigenvalue weighted by Crippen LogP contribution is 2.28. The number of H-pyrrole nitrogens is 1. The van der Waals surface area contributed by atoms with Crippen molar-refractivity contribution in [2.75, 3.05) is 38.3 Å². The number of rotatable bonds is 4. The number of nitrogens with one attached hydrogen (secondary N) is 1. The molecular formula is C15H20N6O5S. The lowest BCUT2D eigenvalue weighted by molar-refractivity contribution is -0.141. The van der Waals surface area contributed by atoms with Crippen LogP contribution in [0.2, 0.25) is 0 Å². The Kier molecular flexibility index (Phi) is 4.48. The van der Waals surface area contributed by atoms with Gasteiger partial charge in [0.1, 0.15) is 12.9 Å². The van der Waals surface area contributed by atoms with Gasteiger partial charge in [-0.15, -0.1) is 0 Å².